The molecule has 188 valence electrons. The Bertz CT molecular complexity index is 1460. The van der Waals surface area contributed by atoms with Crippen molar-refractivity contribution in [1.29, 1.82) is 0 Å². The van der Waals surface area contributed by atoms with Gasteiger partial charge in [0.05, 0.1) is 22.3 Å². The third kappa shape index (κ3) is 5.82. The average molecular weight is 620 g/mol. The first kappa shape index (κ1) is 26.4. The van der Waals surface area contributed by atoms with E-state index in [9.17, 15) is 9.59 Å². The first-order chi connectivity index (χ1) is 17.1. The molecule has 4 aromatic rings. The van der Waals surface area contributed by atoms with Gasteiger partial charge in [0, 0.05) is 51.4 Å². The molecule has 0 bridgehead atoms. The molecule has 7 nitrogen and oxygen atoms in total. The number of pyridine rings is 1. The number of hydrogen-bond acceptors (Lipinski definition) is 5. The van der Waals surface area contributed by atoms with Gasteiger partial charge in [-0.15, -0.1) is 0 Å². The molecule has 0 aliphatic carbocycles. The fourth-order valence-corrected chi connectivity index (χ4v) is 4.58. The first-order valence-corrected chi connectivity index (χ1v) is 12.9. The van der Waals surface area contributed by atoms with Gasteiger partial charge in [0.25, 0.3) is 5.91 Å². The second-order valence-electron chi connectivity index (χ2n) is 9.38. The van der Waals surface area contributed by atoms with Crippen molar-refractivity contribution in [2.45, 2.75) is 32.8 Å². The topological polar surface area (TPSA) is 82.5 Å². The highest BCUT2D eigenvalue weighted by atomic mass is 127. The molecule has 0 fully saturated rings. The number of carbonyl (C=O) groups excluding carboxylic acids is 2. The summed E-state index contributed by atoms with van der Waals surface area (Å²) in [7, 11) is 1.63. The van der Waals surface area contributed by atoms with E-state index in [4.69, 9.17) is 26.1 Å². The van der Waals surface area contributed by atoms with Gasteiger partial charge in [0.2, 0.25) is 0 Å². The number of methoxy groups -OCH3 is 1. The van der Waals surface area contributed by atoms with Crippen LogP contribution in [0.3, 0.4) is 0 Å². The minimum atomic E-state index is -0.675. The lowest BCUT2D eigenvalue weighted by atomic mass is 10.0. The Hall–Kier alpha value is -2.69. The maximum Gasteiger partial charge on any atom is 0.419 e. The van der Waals surface area contributed by atoms with Gasteiger partial charge in [0.15, 0.2) is 0 Å². The lowest BCUT2D eigenvalue weighted by molar-refractivity contribution is 0.0544. The van der Waals surface area contributed by atoms with Crippen LogP contribution >= 0.6 is 34.2 Å². The van der Waals surface area contributed by atoms with E-state index in [0.29, 0.717) is 52.3 Å². The highest BCUT2D eigenvalue weighted by Gasteiger charge is 2.24. The van der Waals surface area contributed by atoms with E-state index in [2.05, 4.69) is 27.9 Å². The van der Waals surface area contributed by atoms with Crippen molar-refractivity contribution in [1.82, 2.24) is 14.9 Å². The Labute approximate surface area is 228 Å². The molecular weight excluding hydrogens is 593 g/mol. The number of carbonyl (C=O) groups is 2. The highest BCUT2D eigenvalue weighted by Crippen LogP contribution is 2.35. The summed E-state index contributed by atoms with van der Waals surface area (Å²) < 4.78 is 13.2. The summed E-state index contributed by atoms with van der Waals surface area (Å²) in [6.45, 7) is 6.44. The smallest absolute Gasteiger partial charge is 0.419 e. The summed E-state index contributed by atoms with van der Waals surface area (Å²) in [6, 6.07) is 13.0. The van der Waals surface area contributed by atoms with Crippen LogP contribution in [0.25, 0.3) is 33.1 Å². The number of nitrogens with zero attached hydrogens (tertiary/aromatic N) is 2. The fourth-order valence-electron chi connectivity index (χ4n) is 3.89. The van der Waals surface area contributed by atoms with Gasteiger partial charge in [-0.05, 0) is 92.2 Å². The Morgan fingerprint density at radius 3 is 2.64 bits per heavy atom. The van der Waals surface area contributed by atoms with Crippen molar-refractivity contribution in [3.63, 3.8) is 0 Å². The number of ether oxygens (including phenoxy) is 2. The number of nitrogens with one attached hydrogen (secondary N) is 1. The molecule has 0 radical (unpaired) electrons. The number of rotatable bonds is 6. The number of amides is 1. The first-order valence-electron chi connectivity index (χ1n) is 11.5. The standard InChI is InChI=1S/C27H27ClIN3O4/c1-27(2,3)36-26(34)32-15-21(19-14-17(28)6-9-23(19)32)24-20(25(33)30-10-5-11-35-4)13-16-12-18(29)7-8-22(16)31-24/h6-9,12-15H,5,10-11H2,1-4H3,(H,30,33). The van der Waals surface area contributed by atoms with Crippen LogP contribution in [-0.4, -0.2) is 47.4 Å². The second kappa shape index (κ2) is 10.7. The molecule has 0 saturated heterocycles. The van der Waals surface area contributed by atoms with Gasteiger partial charge in [-0.1, -0.05) is 11.6 Å². The van der Waals surface area contributed by atoms with Crippen LogP contribution in [0.5, 0.6) is 0 Å². The lowest BCUT2D eigenvalue weighted by Crippen LogP contribution is -2.26. The molecule has 4 rings (SSSR count). The maximum absolute atomic E-state index is 13.3. The van der Waals surface area contributed by atoms with Crippen LogP contribution in [-0.2, 0) is 9.47 Å². The lowest BCUT2D eigenvalue weighted by Gasteiger charge is -2.19. The quantitative estimate of drug-likeness (QED) is 0.193. The summed E-state index contributed by atoms with van der Waals surface area (Å²) in [6.07, 6.45) is 1.82. The van der Waals surface area contributed by atoms with Crippen molar-refractivity contribution in [3.05, 3.63) is 62.8 Å². The number of benzene rings is 2. The van der Waals surface area contributed by atoms with Crippen molar-refractivity contribution >= 4 is 68.0 Å². The third-order valence-corrected chi connectivity index (χ3v) is 6.35. The molecule has 0 atom stereocenters. The predicted molar refractivity (Wildman–Crippen MR) is 151 cm³/mol. The highest BCUT2D eigenvalue weighted by molar-refractivity contribution is 14.1. The Morgan fingerprint density at radius 1 is 1.14 bits per heavy atom. The molecule has 0 saturated carbocycles. The Morgan fingerprint density at radius 2 is 1.92 bits per heavy atom. The summed E-state index contributed by atoms with van der Waals surface area (Å²) >= 11 is 8.58. The van der Waals surface area contributed by atoms with Crippen molar-refractivity contribution in [2.24, 2.45) is 0 Å². The van der Waals surface area contributed by atoms with Crippen LogP contribution < -0.4 is 5.32 Å². The van der Waals surface area contributed by atoms with E-state index in [1.165, 1.54) is 4.57 Å². The molecular formula is C27H27ClIN3O4. The summed E-state index contributed by atoms with van der Waals surface area (Å²) in [5.41, 5.74) is 2.15. The van der Waals surface area contributed by atoms with E-state index in [1.54, 1.807) is 31.5 Å². The second-order valence-corrected chi connectivity index (χ2v) is 11.1. The zero-order valence-electron chi connectivity index (χ0n) is 20.5. The van der Waals surface area contributed by atoms with Gasteiger partial charge in [-0.25, -0.2) is 9.78 Å². The molecule has 2 heterocycles. The van der Waals surface area contributed by atoms with E-state index in [0.717, 1.165) is 14.5 Å². The average Bonchev–Trinajstić information content (AvgIpc) is 3.18. The summed E-state index contributed by atoms with van der Waals surface area (Å²) in [5.74, 6) is -0.255. The number of halogens is 2. The molecule has 36 heavy (non-hydrogen) atoms. The molecule has 0 aliphatic rings. The number of hydrogen-bond donors (Lipinski definition) is 1. The number of fused-ring (bicyclic) bond motifs is 2. The summed E-state index contributed by atoms with van der Waals surface area (Å²) in [4.78, 5) is 31.3. The minimum Gasteiger partial charge on any atom is -0.443 e. The van der Waals surface area contributed by atoms with Crippen molar-refractivity contribution in [2.75, 3.05) is 20.3 Å². The van der Waals surface area contributed by atoms with E-state index in [1.807, 2.05) is 45.0 Å². The molecule has 2 aromatic heterocycles. The SMILES string of the molecule is COCCCNC(=O)c1cc2cc(I)ccc2nc1-c1cn(C(=O)OC(C)(C)C)c2ccc(Cl)cc12. The maximum atomic E-state index is 13.3. The third-order valence-electron chi connectivity index (χ3n) is 5.44. The monoisotopic (exact) mass is 619 g/mol. The Kier molecular flexibility index (Phi) is 7.87. The molecule has 9 heteroatoms. The van der Waals surface area contributed by atoms with Crippen molar-refractivity contribution < 1.29 is 19.1 Å². The van der Waals surface area contributed by atoms with E-state index < -0.39 is 11.7 Å². The van der Waals surface area contributed by atoms with Gasteiger partial charge in [-0.3, -0.25) is 9.36 Å². The van der Waals surface area contributed by atoms with Gasteiger partial charge in [-0.2, -0.15) is 0 Å². The fraction of sp³-hybridized carbons (Fsp3) is 0.296. The van der Waals surface area contributed by atoms with Gasteiger partial charge >= 0.3 is 6.09 Å². The zero-order chi connectivity index (χ0) is 26.0. The largest absolute Gasteiger partial charge is 0.443 e. The molecule has 0 aliphatic heterocycles. The number of aromatic nitrogens is 2. The molecule has 2 aromatic carbocycles. The molecule has 1 amide bonds. The molecule has 0 spiro atoms. The van der Waals surface area contributed by atoms with Crippen molar-refractivity contribution in [3.8, 4) is 11.3 Å². The Balaban J connectivity index is 1.91. The van der Waals surface area contributed by atoms with Crippen LogP contribution in [0, 0.1) is 3.57 Å². The zero-order valence-corrected chi connectivity index (χ0v) is 23.4. The van der Waals surface area contributed by atoms with E-state index in [-0.39, 0.29) is 5.91 Å². The normalized spacial score (nSPS) is 11.7. The van der Waals surface area contributed by atoms with Crippen LogP contribution in [0.15, 0.2) is 48.7 Å². The van der Waals surface area contributed by atoms with E-state index >= 15 is 0 Å². The van der Waals surface area contributed by atoms with Gasteiger partial charge in [0.1, 0.15) is 5.60 Å². The summed E-state index contributed by atoms with van der Waals surface area (Å²) in [5, 5.41) is 5.01. The predicted octanol–water partition coefficient (Wildman–Crippen LogP) is 6.66. The van der Waals surface area contributed by atoms with Crippen LogP contribution in [0.1, 0.15) is 37.6 Å². The van der Waals surface area contributed by atoms with Crippen LogP contribution in [0.2, 0.25) is 5.02 Å². The minimum absolute atomic E-state index is 0.255. The van der Waals surface area contributed by atoms with Gasteiger partial charge < -0.3 is 14.8 Å². The molecule has 1 N–H and O–H groups in total. The molecule has 0 unspecified atom stereocenters. The van der Waals surface area contributed by atoms with Crippen LogP contribution in [0.4, 0.5) is 4.79 Å².